The Morgan fingerprint density at radius 2 is 2.40 bits per heavy atom. The van der Waals surface area contributed by atoms with Crippen LogP contribution in [-0.4, -0.2) is 22.6 Å². The van der Waals surface area contributed by atoms with Crippen LogP contribution < -0.4 is 0 Å². The molecule has 0 amide bonds. The number of aliphatic hydroxyl groups excluding tert-OH is 1. The number of rotatable bonds is 2. The van der Waals surface area contributed by atoms with Gasteiger partial charge in [0, 0.05) is 12.6 Å². The van der Waals surface area contributed by atoms with Crippen LogP contribution in [0.4, 0.5) is 0 Å². The standard InChI is InChI=1S/C8H16NO/c1-2-8-5-3-4-6-9(8)7-10/h7-8,10H,2-6H2,1H3. The molecule has 0 bridgehead atoms. The van der Waals surface area contributed by atoms with Gasteiger partial charge in [0.1, 0.15) is 6.73 Å². The highest BCUT2D eigenvalue weighted by Crippen LogP contribution is 2.19. The second-order valence-electron chi connectivity index (χ2n) is 2.91. The fourth-order valence-corrected chi connectivity index (χ4v) is 1.61. The van der Waals surface area contributed by atoms with Crippen molar-refractivity contribution in [2.24, 2.45) is 0 Å². The zero-order chi connectivity index (χ0) is 7.40. The summed E-state index contributed by atoms with van der Waals surface area (Å²) in [7, 11) is 0. The molecule has 0 aliphatic carbocycles. The van der Waals surface area contributed by atoms with E-state index in [1.165, 1.54) is 26.0 Å². The Kier molecular flexibility index (Phi) is 3.16. The van der Waals surface area contributed by atoms with Gasteiger partial charge in [0.05, 0.1) is 0 Å². The van der Waals surface area contributed by atoms with Crippen molar-refractivity contribution in [3.8, 4) is 0 Å². The maximum atomic E-state index is 8.79. The maximum absolute atomic E-state index is 8.79. The molecular weight excluding hydrogens is 126 g/mol. The topological polar surface area (TPSA) is 23.5 Å². The molecule has 1 N–H and O–H groups in total. The summed E-state index contributed by atoms with van der Waals surface area (Å²) in [6.45, 7) is 4.45. The molecule has 1 atom stereocenters. The van der Waals surface area contributed by atoms with Gasteiger partial charge in [-0.2, -0.15) is 0 Å². The molecule has 2 nitrogen and oxygen atoms in total. The number of hydrogen-bond acceptors (Lipinski definition) is 2. The van der Waals surface area contributed by atoms with Gasteiger partial charge in [0.15, 0.2) is 0 Å². The third kappa shape index (κ3) is 1.70. The molecule has 0 spiro atoms. The number of piperidine rings is 1. The molecule has 1 saturated heterocycles. The lowest BCUT2D eigenvalue weighted by Crippen LogP contribution is -2.36. The Hall–Kier alpha value is -0.0800. The summed E-state index contributed by atoms with van der Waals surface area (Å²) in [6.07, 6.45) is 4.95. The van der Waals surface area contributed by atoms with E-state index in [9.17, 15) is 0 Å². The molecule has 1 rings (SSSR count). The second kappa shape index (κ2) is 3.94. The highest BCUT2D eigenvalue weighted by Gasteiger charge is 2.19. The van der Waals surface area contributed by atoms with Crippen molar-refractivity contribution in [1.82, 2.24) is 4.90 Å². The molecule has 10 heavy (non-hydrogen) atoms. The van der Waals surface area contributed by atoms with Gasteiger partial charge in [-0.25, -0.2) is 0 Å². The molecule has 1 aliphatic heterocycles. The number of likely N-dealkylation sites (tertiary alicyclic amines) is 1. The summed E-state index contributed by atoms with van der Waals surface area (Å²) in [4.78, 5) is 2.05. The van der Waals surface area contributed by atoms with E-state index in [1.807, 2.05) is 4.90 Å². The lowest BCUT2D eigenvalue weighted by molar-refractivity contribution is 0.104. The minimum Gasteiger partial charge on any atom is -0.374 e. The molecular formula is C8H16NO. The van der Waals surface area contributed by atoms with Crippen molar-refractivity contribution in [3.05, 3.63) is 6.73 Å². The normalized spacial score (nSPS) is 28.8. The summed E-state index contributed by atoms with van der Waals surface area (Å²) >= 11 is 0. The van der Waals surface area contributed by atoms with Crippen molar-refractivity contribution < 1.29 is 5.11 Å². The monoisotopic (exact) mass is 142 g/mol. The van der Waals surface area contributed by atoms with Gasteiger partial charge in [-0.05, 0) is 19.3 Å². The van der Waals surface area contributed by atoms with E-state index >= 15 is 0 Å². The Balaban J connectivity index is 2.34. The van der Waals surface area contributed by atoms with Crippen LogP contribution in [0.1, 0.15) is 32.6 Å². The molecule has 1 aliphatic rings. The van der Waals surface area contributed by atoms with Gasteiger partial charge in [0.25, 0.3) is 0 Å². The van der Waals surface area contributed by atoms with Crippen LogP contribution in [0.3, 0.4) is 0 Å². The van der Waals surface area contributed by atoms with E-state index in [1.54, 1.807) is 0 Å². The summed E-state index contributed by atoms with van der Waals surface area (Å²) in [5.41, 5.74) is 0. The fourth-order valence-electron chi connectivity index (χ4n) is 1.61. The van der Waals surface area contributed by atoms with Gasteiger partial charge < -0.3 is 5.11 Å². The predicted molar refractivity (Wildman–Crippen MR) is 40.9 cm³/mol. The molecule has 0 aromatic heterocycles. The van der Waals surface area contributed by atoms with E-state index < -0.39 is 0 Å². The maximum Gasteiger partial charge on any atom is 0.147 e. The van der Waals surface area contributed by atoms with Crippen LogP contribution in [0.15, 0.2) is 0 Å². The predicted octanol–water partition coefficient (Wildman–Crippen LogP) is 1.74. The zero-order valence-corrected chi connectivity index (χ0v) is 6.58. The number of aliphatic hydroxyl groups is 1. The lowest BCUT2D eigenvalue weighted by Gasteiger charge is -2.32. The molecule has 59 valence electrons. The third-order valence-corrected chi connectivity index (χ3v) is 2.29. The zero-order valence-electron chi connectivity index (χ0n) is 6.58. The second-order valence-corrected chi connectivity index (χ2v) is 2.91. The first-order valence-electron chi connectivity index (χ1n) is 4.11. The molecule has 1 radical (unpaired) electrons. The molecule has 1 fully saturated rings. The highest BCUT2D eigenvalue weighted by molar-refractivity contribution is 4.76. The lowest BCUT2D eigenvalue weighted by atomic mass is 10.0. The van der Waals surface area contributed by atoms with Crippen molar-refractivity contribution in [2.45, 2.75) is 38.6 Å². The average Bonchev–Trinajstić information content (AvgIpc) is 2.04. The van der Waals surface area contributed by atoms with E-state index in [0.29, 0.717) is 6.04 Å². The van der Waals surface area contributed by atoms with Crippen molar-refractivity contribution in [2.75, 3.05) is 6.54 Å². The number of nitrogens with zero attached hydrogens (tertiary/aromatic N) is 1. The first-order chi connectivity index (χ1) is 4.88. The molecule has 1 heterocycles. The van der Waals surface area contributed by atoms with E-state index in [2.05, 4.69) is 6.92 Å². The van der Waals surface area contributed by atoms with Crippen LogP contribution in [0.5, 0.6) is 0 Å². The summed E-state index contributed by atoms with van der Waals surface area (Å²) < 4.78 is 0. The Morgan fingerprint density at radius 3 is 2.90 bits per heavy atom. The average molecular weight is 142 g/mol. The highest BCUT2D eigenvalue weighted by atomic mass is 16.3. The van der Waals surface area contributed by atoms with Crippen LogP contribution in [-0.2, 0) is 0 Å². The van der Waals surface area contributed by atoms with Gasteiger partial charge in [-0.3, -0.25) is 4.90 Å². The summed E-state index contributed by atoms with van der Waals surface area (Å²) in [5, 5.41) is 8.79. The molecule has 1 unspecified atom stereocenters. The van der Waals surface area contributed by atoms with Gasteiger partial charge in [0.2, 0.25) is 0 Å². The third-order valence-electron chi connectivity index (χ3n) is 2.29. The van der Waals surface area contributed by atoms with Crippen molar-refractivity contribution >= 4 is 0 Å². The fraction of sp³-hybridized carbons (Fsp3) is 0.875. The van der Waals surface area contributed by atoms with E-state index in [-0.39, 0.29) is 0 Å². The Labute approximate surface area is 62.8 Å². The van der Waals surface area contributed by atoms with Crippen LogP contribution >= 0.6 is 0 Å². The van der Waals surface area contributed by atoms with Crippen LogP contribution in [0, 0.1) is 6.73 Å². The van der Waals surface area contributed by atoms with E-state index in [0.717, 1.165) is 13.0 Å². The molecule has 0 saturated carbocycles. The van der Waals surface area contributed by atoms with Gasteiger partial charge >= 0.3 is 0 Å². The Morgan fingerprint density at radius 1 is 1.60 bits per heavy atom. The van der Waals surface area contributed by atoms with Crippen molar-refractivity contribution in [1.29, 1.82) is 0 Å². The van der Waals surface area contributed by atoms with Crippen LogP contribution in [0.2, 0.25) is 0 Å². The molecule has 2 heteroatoms. The van der Waals surface area contributed by atoms with Gasteiger partial charge in [-0.15, -0.1) is 0 Å². The number of hydrogen-bond donors (Lipinski definition) is 1. The first-order valence-corrected chi connectivity index (χ1v) is 4.11. The largest absolute Gasteiger partial charge is 0.374 e. The van der Waals surface area contributed by atoms with Gasteiger partial charge in [-0.1, -0.05) is 13.3 Å². The Bertz CT molecular complexity index is 83.3. The van der Waals surface area contributed by atoms with E-state index in [4.69, 9.17) is 5.11 Å². The quantitative estimate of drug-likeness (QED) is 0.635. The molecule has 0 aromatic rings. The summed E-state index contributed by atoms with van der Waals surface area (Å²) in [5.74, 6) is 0. The van der Waals surface area contributed by atoms with Crippen LogP contribution in [0.25, 0.3) is 0 Å². The first kappa shape index (κ1) is 8.02. The summed E-state index contributed by atoms with van der Waals surface area (Å²) in [6, 6.07) is 0.596. The smallest absolute Gasteiger partial charge is 0.147 e. The SMILES string of the molecule is CCC1CCCCN1[CH]O. The minimum absolute atomic E-state index is 0.596. The van der Waals surface area contributed by atoms with Crippen molar-refractivity contribution in [3.63, 3.8) is 0 Å². The minimum atomic E-state index is 0.596. The molecule has 0 aromatic carbocycles.